The molecule has 0 saturated carbocycles. The van der Waals surface area contributed by atoms with Crippen molar-refractivity contribution in [1.29, 1.82) is 0 Å². The summed E-state index contributed by atoms with van der Waals surface area (Å²) in [7, 11) is 0.516. The lowest BCUT2D eigenvalue weighted by Gasteiger charge is -2.24. The van der Waals surface area contributed by atoms with Crippen molar-refractivity contribution in [2.24, 2.45) is 7.05 Å². The van der Waals surface area contributed by atoms with Crippen molar-refractivity contribution in [3.05, 3.63) is 107 Å². The molecule has 0 fully saturated rings. The molecular formula is C41H46NOSi+. The highest BCUT2D eigenvalue weighted by molar-refractivity contribution is 6.88. The number of aryl methyl sites for hydroxylation is 3. The molecule has 0 radical (unpaired) electrons. The van der Waals surface area contributed by atoms with E-state index < -0.39 is 14.9 Å². The number of para-hydroxylation sites is 1. The van der Waals surface area contributed by atoms with Crippen LogP contribution in [-0.4, -0.2) is 8.07 Å². The zero-order valence-corrected chi connectivity index (χ0v) is 28.6. The van der Waals surface area contributed by atoms with Crippen molar-refractivity contribution in [2.45, 2.75) is 72.9 Å². The minimum absolute atomic E-state index is 0.172. The maximum absolute atomic E-state index is 8.69. The van der Waals surface area contributed by atoms with E-state index in [2.05, 4.69) is 115 Å². The van der Waals surface area contributed by atoms with Gasteiger partial charge >= 0.3 is 0 Å². The molecule has 0 N–H and O–H groups in total. The van der Waals surface area contributed by atoms with E-state index in [1.807, 2.05) is 36.0 Å². The Morgan fingerprint density at radius 1 is 0.727 bits per heavy atom. The first-order valence-corrected chi connectivity index (χ1v) is 19.3. The van der Waals surface area contributed by atoms with Gasteiger partial charge in [0, 0.05) is 26.5 Å². The van der Waals surface area contributed by atoms with Crippen molar-refractivity contribution < 1.29 is 13.1 Å². The normalized spacial score (nSPS) is 13.6. The maximum atomic E-state index is 8.69. The Hall–Kier alpha value is -3.95. The number of fused-ring (bicyclic) bond motifs is 3. The van der Waals surface area contributed by atoms with Gasteiger partial charge in [-0.2, -0.15) is 0 Å². The van der Waals surface area contributed by atoms with Crippen LogP contribution >= 0.6 is 0 Å². The second kappa shape index (κ2) is 11.2. The fourth-order valence-corrected chi connectivity index (χ4v) is 7.72. The first kappa shape index (κ1) is 26.4. The van der Waals surface area contributed by atoms with Gasteiger partial charge in [-0.05, 0) is 70.6 Å². The van der Waals surface area contributed by atoms with Gasteiger partial charge in [-0.1, -0.05) is 119 Å². The van der Waals surface area contributed by atoms with Gasteiger partial charge in [-0.25, -0.2) is 4.57 Å². The highest BCUT2D eigenvalue weighted by atomic mass is 28.3. The highest BCUT2D eigenvalue weighted by Crippen LogP contribution is 2.43. The highest BCUT2D eigenvalue weighted by Gasteiger charge is 2.26. The predicted octanol–water partition coefficient (Wildman–Crippen LogP) is 10.8. The monoisotopic (exact) mass is 599 g/mol. The number of aromatic nitrogens is 1. The summed E-state index contributed by atoms with van der Waals surface area (Å²) in [4.78, 5) is 0. The number of hydrogen-bond donors (Lipinski definition) is 0. The molecule has 4 aromatic carbocycles. The molecule has 2 nitrogen and oxygen atoms in total. The average Bonchev–Trinajstić information content (AvgIpc) is 3.38. The largest absolute Gasteiger partial charge is 0.455 e. The predicted molar refractivity (Wildman–Crippen MR) is 192 cm³/mol. The quantitative estimate of drug-likeness (QED) is 0.137. The molecule has 0 aliphatic carbocycles. The molecule has 0 aliphatic rings. The van der Waals surface area contributed by atoms with Crippen molar-refractivity contribution >= 4 is 35.2 Å². The lowest BCUT2D eigenvalue weighted by atomic mass is 9.81. The van der Waals surface area contributed by atoms with Crippen molar-refractivity contribution in [3.8, 4) is 33.5 Å². The summed E-state index contributed by atoms with van der Waals surface area (Å²) >= 11 is 0. The Balaban J connectivity index is 1.66. The molecule has 3 heteroatoms. The molecule has 224 valence electrons. The van der Waals surface area contributed by atoms with Crippen LogP contribution in [0.1, 0.15) is 65.9 Å². The molecule has 6 aromatic rings. The Labute approximate surface area is 268 Å². The molecule has 44 heavy (non-hydrogen) atoms. The minimum Gasteiger partial charge on any atom is -0.455 e. The summed E-state index contributed by atoms with van der Waals surface area (Å²) < 4.78 is 34.5. The summed E-state index contributed by atoms with van der Waals surface area (Å²) in [6.45, 7) is 15.7. The smallest absolute Gasteiger partial charge is 0.216 e. The number of benzene rings is 4. The SMILES string of the molecule is [2H]C([2H])([2H])c1c[n+](C)c(-c2c(C)ccc3c2oc2ccccc23)cc1-c1c(C(C)C)cc(-c2ccc([Si](C)(C)C)cc2)cc1C(C)C. The zero-order valence-electron chi connectivity index (χ0n) is 30.6. The fourth-order valence-electron chi connectivity index (χ4n) is 6.55. The summed E-state index contributed by atoms with van der Waals surface area (Å²) in [5.74, 6) is 0.345. The van der Waals surface area contributed by atoms with E-state index in [1.54, 1.807) is 0 Å². The first-order chi connectivity index (χ1) is 22.1. The Morgan fingerprint density at radius 3 is 2.00 bits per heavy atom. The number of rotatable bonds is 6. The van der Waals surface area contributed by atoms with E-state index in [0.717, 1.165) is 61.0 Å². The van der Waals surface area contributed by atoms with Gasteiger partial charge in [0.05, 0.1) is 13.6 Å². The molecule has 0 bridgehead atoms. The molecule has 6 rings (SSSR count). The Bertz CT molecular complexity index is 2100. The van der Waals surface area contributed by atoms with Crippen LogP contribution in [0.15, 0.2) is 89.5 Å². The average molecular weight is 600 g/mol. The Morgan fingerprint density at radius 2 is 1.39 bits per heavy atom. The van der Waals surface area contributed by atoms with E-state index in [9.17, 15) is 0 Å². The number of furan rings is 1. The third kappa shape index (κ3) is 5.22. The number of pyridine rings is 1. The summed E-state index contributed by atoms with van der Waals surface area (Å²) in [5.41, 5.74) is 11.5. The van der Waals surface area contributed by atoms with E-state index >= 15 is 0 Å². The van der Waals surface area contributed by atoms with Crippen LogP contribution in [0, 0.1) is 13.8 Å². The third-order valence-electron chi connectivity index (χ3n) is 9.08. The van der Waals surface area contributed by atoms with E-state index in [0.29, 0.717) is 5.56 Å². The van der Waals surface area contributed by atoms with Gasteiger partial charge in [0.15, 0.2) is 6.20 Å². The second-order valence-corrected chi connectivity index (χ2v) is 19.1. The van der Waals surface area contributed by atoms with Crippen molar-refractivity contribution in [1.82, 2.24) is 0 Å². The van der Waals surface area contributed by atoms with Crippen molar-refractivity contribution in [2.75, 3.05) is 0 Å². The topological polar surface area (TPSA) is 17.0 Å². The first-order valence-electron chi connectivity index (χ1n) is 17.3. The molecule has 0 saturated heterocycles. The zero-order chi connectivity index (χ0) is 34.0. The molecule has 0 atom stereocenters. The third-order valence-corrected chi connectivity index (χ3v) is 11.1. The Kier molecular flexibility index (Phi) is 6.73. The van der Waals surface area contributed by atoms with Gasteiger partial charge in [0.1, 0.15) is 18.2 Å². The number of nitrogens with zero attached hydrogens (tertiary/aromatic N) is 1. The molecule has 0 aliphatic heterocycles. The van der Waals surface area contributed by atoms with Gasteiger partial charge < -0.3 is 4.42 Å². The molecular weight excluding hydrogens is 551 g/mol. The summed E-state index contributed by atoms with van der Waals surface area (Å²) in [6, 6.07) is 28.1. The van der Waals surface area contributed by atoms with E-state index in [4.69, 9.17) is 8.53 Å². The van der Waals surface area contributed by atoms with Crippen LogP contribution in [0.2, 0.25) is 19.6 Å². The second-order valence-electron chi connectivity index (χ2n) is 14.0. The van der Waals surface area contributed by atoms with Gasteiger partial charge in [-0.3, -0.25) is 0 Å². The lowest BCUT2D eigenvalue weighted by molar-refractivity contribution is -0.660. The standard InChI is InChI=1S/C41H46NOSi/c1-25(2)34-21-30(29-16-18-31(19-17-29)44(8,9)10)22-35(26(3)4)40(34)36-23-37(42(7)24-28(36)6)39-27(5)15-20-33-32-13-11-12-14-38(32)43-41(33)39/h11-26H,1-10H3/q+1/i6D3. The fraction of sp³-hybridized carbons (Fsp3) is 0.293. The lowest BCUT2D eigenvalue weighted by Crippen LogP contribution is -2.37. The van der Waals surface area contributed by atoms with Gasteiger partial charge in [0.25, 0.3) is 0 Å². The molecule has 2 heterocycles. The minimum atomic E-state index is -2.31. The summed E-state index contributed by atoms with van der Waals surface area (Å²) in [5, 5.41) is 3.56. The van der Waals surface area contributed by atoms with Crippen LogP contribution in [-0.2, 0) is 7.05 Å². The van der Waals surface area contributed by atoms with Crippen molar-refractivity contribution in [3.63, 3.8) is 0 Å². The van der Waals surface area contributed by atoms with Gasteiger partial charge in [-0.15, -0.1) is 0 Å². The van der Waals surface area contributed by atoms with Crippen LogP contribution < -0.4 is 9.75 Å². The van der Waals surface area contributed by atoms with Crippen LogP contribution in [0.25, 0.3) is 55.4 Å². The molecule has 0 amide bonds. The molecule has 0 spiro atoms. The summed E-state index contributed by atoms with van der Waals surface area (Å²) in [6.07, 6.45) is 1.82. The van der Waals surface area contributed by atoms with Crippen LogP contribution in [0.4, 0.5) is 0 Å². The maximum Gasteiger partial charge on any atom is 0.216 e. The van der Waals surface area contributed by atoms with Crippen LogP contribution in [0.5, 0.6) is 0 Å². The van der Waals surface area contributed by atoms with Crippen LogP contribution in [0.3, 0.4) is 0 Å². The molecule has 2 aromatic heterocycles. The number of hydrogen-bond acceptors (Lipinski definition) is 1. The van der Waals surface area contributed by atoms with E-state index in [1.165, 1.54) is 16.3 Å². The van der Waals surface area contributed by atoms with Gasteiger partial charge in [0.2, 0.25) is 5.69 Å². The van der Waals surface area contributed by atoms with E-state index in [-0.39, 0.29) is 11.8 Å². The molecule has 0 unspecified atom stereocenters.